The summed E-state index contributed by atoms with van der Waals surface area (Å²) in [6.07, 6.45) is -0.533. The van der Waals surface area contributed by atoms with Crippen LogP contribution in [0.15, 0.2) is 0 Å². The van der Waals surface area contributed by atoms with Gasteiger partial charge in [-0.15, -0.1) is 0 Å². The molecule has 6 heteroatoms. The Hall–Kier alpha value is -0.330. The summed E-state index contributed by atoms with van der Waals surface area (Å²) >= 11 is 0. The molecule has 2 rings (SSSR count). The van der Waals surface area contributed by atoms with Crippen molar-refractivity contribution in [2.75, 3.05) is 26.9 Å². The quantitative estimate of drug-likeness (QED) is 0.865. The van der Waals surface area contributed by atoms with Crippen LogP contribution in [-0.2, 0) is 9.47 Å². The van der Waals surface area contributed by atoms with Crippen molar-refractivity contribution in [1.82, 2.24) is 5.32 Å². The Morgan fingerprint density at radius 3 is 2.55 bits per heavy atom. The highest BCUT2D eigenvalue weighted by Crippen LogP contribution is 2.37. The summed E-state index contributed by atoms with van der Waals surface area (Å²) in [5, 5.41) is 3.30. The fourth-order valence-electron chi connectivity index (χ4n) is 3.20. The average molecular weight is 295 g/mol. The lowest BCUT2D eigenvalue weighted by atomic mass is 9.84. The van der Waals surface area contributed by atoms with Gasteiger partial charge in [0, 0.05) is 45.8 Å². The van der Waals surface area contributed by atoms with Crippen molar-refractivity contribution in [3.05, 3.63) is 0 Å². The van der Waals surface area contributed by atoms with Crippen LogP contribution in [0, 0.1) is 5.92 Å². The summed E-state index contributed by atoms with van der Waals surface area (Å²) in [4.78, 5) is 0. The number of halogens is 3. The van der Waals surface area contributed by atoms with Gasteiger partial charge in [0.15, 0.2) is 0 Å². The minimum Gasteiger partial charge on any atom is -0.381 e. The molecular weight excluding hydrogens is 271 g/mol. The average Bonchev–Trinajstić information content (AvgIpc) is 2.46. The molecule has 0 radical (unpaired) electrons. The van der Waals surface area contributed by atoms with Gasteiger partial charge in [-0.25, -0.2) is 0 Å². The van der Waals surface area contributed by atoms with Crippen LogP contribution in [0.5, 0.6) is 0 Å². The van der Waals surface area contributed by atoms with E-state index in [2.05, 4.69) is 5.32 Å². The molecule has 2 aliphatic rings. The third-order valence-electron chi connectivity index (χ3n) is 4.69. The van der Waals surface area contributed by atoms with Crippen LogP contribution in [0.25, 0.3) is 0 Å². The lowest BCUT2D eigenvalue weighted by molar-refractivity contribution is -0.184. The van der Waals surface area contributed by atoms with Gasteiger partial charge in [0.05, 0.1) is 11.5 Å². The van der Waals surface area contributed by atoms with Crippen LogP contribution in [0.1, 0.15) is 38.5 Å². The molecule has 1 heterocycles. The predicted octanol–water partition coefficient (Wildman–Crippen LogP) is 2.89. The molecule has 0 bridgehead atoms. The summed E-state index contributed by atoms with van der Waals surface area (Å²) in [5.74, 6) is -1.15. The SMILES string of the molecule is COC1(CN[C@H]2CCC[C@H](C(F)(F)F)C2)CCOCC1. The standard InChI is InChI=1S/C14H24F3NO2/c1-19-13(5-7-20-8-6-13)10-18-12-4-2-3-11(9-12)14(15,16)17/h11-12,18H,2-10H2,1H3/t11-,12-/m0/s1. The Labute approximate surface area is 118 Å². The zero-order valence-corrected chi connectivity index (χ0v) is 12.0. The molecule has 1 aliphatic carbocycles. The summed E-state index contributed by atoms with van der Waals surface area (Å²) < 4.78 is 49.3. The van der Waals surface area contributed by atoms with Crippen LogP contribution < -0.4 is 5.32 Å². The second-order valence-electron chi connectivity index (χ2n) is 5.98. The van der Waals surface area contributed by atoms with E-state index in [-0.39, 0.29) is 24.5 Å². The monoisotopic (exact) mass is 295 g/mol. The first-order valence-corrected chi connectivity index (χ1v) is 7.38. The van der Waals surface area contributed by atoms with Crippen LogP contribution in [0.3, 0.4) is 0 Å². The van der Waals surface area contributed by atoms with E-state index in [1.54, 1.807) is 7.11 Å². The van der Waals surface area contributed by atoms with Gasteiger partial charge in [0.1, 0.15) is 0 Å². The van der Waals surface area contributed by atoms with E-state index in [4.69, 9.17) is 9.47 Å². The van der Waals surface area contributed by atoms with E-state index in [0.29, 0.717) is 26.2 Å². The highest BCUT2D eigenvalue weighted by atomic mass is 19.4. The summed E-state index contributed by atoms with van der Waals surface area (Å²) in [6, 6.07) is -0.0507. The Morgan fingerprint density at radius 1 is 1.25 bits per heavy atom. The lowest BCUT2D eigenvalue weighted by Gasteiger charge is -2.39. The minimum absolute atomic E-state index is 0.0507. The maximum atomic E-state index is 12.8. The molecule has 118 valence electrons. The second-order valence-corrected chi connectivity index (χ2v) is 5.98. The zero-order chi connectivity index (χ0) is 14.6. The fraction of sp³-hybridized carbons (Fsp3) is 1.00. The molecule has 20 heavy (non-hydrogen) atoms. The Balaban J connectivity index is 1.83. The first kappa shape index (κ1) is 16.0. The highest BCUT2D eigenvalue weighted by molar-refractivity contribution is 4.89. The molecule has 1 saturated carbocycles. The number of methoxy groups -OCH3 is 1. The van der Waals surface area contributed by atoms with Gasteiger partial charge < -0.3 is 14.8 Å². The molecule has 1 aliphatic heterocycles. The van der Waals surface area contributed by atoms with Gasteiger partial charge in [0.2, 0.25) is 0 Å². The van der Waals surface area contributed by atoms with E-state index < -0.39 is 12.1 Å². The highest BCUT2D eigenvalue weighted by Gasteiger charge is 2.42. The molecular formula is C14H24F3NO2. The normalized spacial score (nSPS) is 31.2. The third-order valence-corrected chi connectivity index (χ3v) is 4.69. The Kier molecular flexibility index (Phi) is 5.31. The first-order chi connectivity index (χ1) is 9.45. The molecule has 0 aromatic carbocycles. The summed E-state index contributed by atoms with van der Waals surface area (Å²) in [7, 11) is 1.67. The van der Waals surface area contributed by atoms with Gasteiger partial charge in [-0.05, 0) is 19.3 Å². The van der Waals surface area contributed by atoms with E-state index in [0.717, 1.165) is 19.3 Å². The molecule has 1 saturated heterocycles. The van der Waals surface area contributed by atoms with Crippen molar-refractivity contribution < 1.29 is 22.6 Å². The van der Waals surface area contributed by atoms with Crippen LogP contribution in [0.4, 0.5) is 13.2 Å². The second kappa shape index (κ2) is 6.62. The van der Waals surface area contributed by atoms with Crippen molar-refractivity contribution in [3.8, 4) is 0 Å². The summed E-state index contributed by atoms with van der Waals surface area (Å²) in [6.45, 7) is 1.93. The zero-order valence-electron chi connectivity index (χ0n) is 12.0. The molecule has 0 aromatic rings. The van der Waals surface area contributed by atoms with Gasteiger partial charge in [0.25, 0.3) is 0 Å². The minimum atomic E-state index is -4.06. The van der Waals surface area contributed by atoms with Gasteiger partial charge in [-0.2, -0.15) is 13.2 Å². The van der Waals surface area contributed by atoms with Crippen LogP contribution in [-0.4, -0.2) is 44.7 Å². The number of ether oxygens (including phenoxy) is 2. The maximum Gasteiger partial charge on any atom is 0.391 e. The topological polar surface area (TPSA) is 30.5 Å². The smallest absolute Gasteiger partial charge is 0.381 e. The van der Waals surface area contributed by atoms with E-state index in [1.165, 1.54) is 0 Å². The Bertz CT molecular complexity index is 303. The maximum absolute atomic E-state index is 12.8. The Morgan fingerprint density at radius 2 is 1.95 bits per heavy atom. The number of nitrogens with one attached hydrogen (secondary N) is 1. The molecule has 0 aromatic heterocycles. The molecule has 1 N–H and O–H groups in total. The molecule has 2 atom stereocenters. The largest absolute Gasteiger partial charge is 0.391 e. The number of hydrogen-bond acceptors (Lipinski definition) is 3. The first-order valence-electron chi connectivity index (χ1n) is 7.38. The van der Waals surface area contributed by atoms with Gasteiger partial charge in [-0.1, -0.05) is 6.42 Å². The molecule has 0 unspecified atom stereocenters. The molecule has 2 fully saturated rings. The summed E-state index contributed by atoms with van der Waals surface area (Å²) in [5.41, 5.74) is -0.274. The third kappa shape index (κ3) is 4.09. The molecule has 3 nitrogen and oxygen atoms in total. The van der Waals surface area contributed by atoms with E-state index >= 15 is 0 Å². The van der Waals surface area contributed by atoms with Crippen molar-refractivity contribution in [2.24, 2.45) is 5.92 Å². The van der Waals surface area contributed by atoms with Crippen molar-refractivity contribution in [2.45, 2.75) is 56.3 Å². The predicted molar refractivity (Wildman–Crippen MR) is 69.6 cm³/mol. The number of hydrogen-bond donors (Lipinski definition) is 1. The van der Waals surface area contributed by atoms with E-state index in [1.807, 2.05) is 0 Å². The van der Waals surface area contributed by atoms with E-state index in [9.17, 15) is 13.2 Å². The van der Waals surface area contributed by atoms with Crippen molar-refractivity contribution in [1.29, 1.82) is 0 Å². The van der Waals surface area contributed by atoms with Crippen molar-refractivity contribution in [3.63, 3.8) is 0 Å². The van der Waals surface area contributed by atoms with Crippen molar-refractivity contribution >= 4 is 0 Å². The van der Waals surface area contributed by atoms with Gasteiger partial charge in [-0.3, -0.25) is 0 Å². The molecule has 0 amide bonds. The number of rotatable bonds is 4. The molecule has 0 spiro atoms. The number of alkyl halides is 3. The lowest BCUT2D eigenvalue weighted by Crippen LogP contribution is -2.50. The fourth-order valence-corrected chi connectivity index (χ4v) is 3.20. The van der Waals surface area contributed by atoms with Gasteiger partial charge >= 0.3 is 6.18 Å². The van der Waals surface area contributed by atoms with Crippen LogP contribution >= 0.6 is 0 Å². The van der Waals surface area contributed by atoms with Crippen LogP contribution in [0.2, 0.25) is 0 Å².